The Labute approximate surface area is 213 Å². The first-order chi connectivity index (χ1) is 16.7. The number of amides is 2. The van der Waals surface area contributed by atoms with Crippen LogP contribution < -0.4 is 5.32 Å². The predicted octanol–water partition coefficient (Wildman–Crippen LogP) is 3.78. The molecule has 2 heterocycles. The summed E-state index contributed by atoms with van der Waals surface area (Å²) in [7, 11) is 0. The number of aliphatic hydroxyl groups is 2. The number of aliphatic hydroxyl groups excluding tert-OH is 2. The molecule has 4 rings (SSSR count). The first-order valence-electron chi connectivity index (χ1n) is 11.5. The van der Waals surface area contributed by atoms with Crippen LogP contribution in [0.25, 0.3) is 10.4 Å². The van der Waals surface area contributed by atoms with E-state index in [9.17, 15) is 19.8 Å². The van der Waals surface area contributed by atoms with Gasteiger partial charge in [0, 0.05) is 18.1 Å². The fraction of sp³-hybridized carbons (Fsp3) is 0.346. The summed E-state index contributed by atoms with van der Waals surface area (Å²) in [5.74, 6) is -1.47. The van der Waals surface area contributed by atoms with Gasteiger partial charge in [0.05, 0.1) is 21.6 Å². The molecule has 1 saturated heterocycles. The predicted molar refractivity (Wildman–Crippen MR) is 136 cm³/mol. The molecule has 1 aliphatic rings. The van der Waals surface area contributed by atoms with E-state index in [1.54, 1.807) is 23.5 Å². The lowest BCUT2D eigenvalue weighted by Gasteiger charge is -2.28. The summed E-state index contributed by atoms with van der Waals surface area (Å²) in [6, 6.07) is 14.7. The van der Waals surface area contributed by atoms with Gasteiger partial charge in [-0.1, -0.05) is 48.0 Å². The SMILES string of the molecule is Cc1nc(C)c(-c2ccc(CNC(=O)[C@H](O)[C@@H](O)C(=O)N3CCCC3c3cccc(Cl)c3)cc2)s1. The van der Waals surface area contributed by atoms with Crippen LogP contribution in [0.4, 0.5) is 0 Å². The van der Waals surface area contributed by atoms with Gasteiger partial charge in [-0.3, -0.25) is 9.59 Å². The highest BCUT2D eigenvalue weighted by atomic mass is 35.5. The van der Waals surface area contributed by atoms with Gasteiger partial charge in [0.15, 0.2) is 12.2 Å². The first-order valence-corrected chi connectivity index (χ1v) is 12.7. The molecule has 2 amide bonds. The van der Waals surface area contributed by atoms with Crippen molar-refractivity contribution in [1.82, 2.24) is 15.2 Å². The molecule has 1 aromatic heterocycles. The van der Waals surface area contributed by atoms with Crippen molar-refractivity contribution in [2.24, 2.45) is 0 Å². The average molecular weight is 514 g/mol. The molecule has 0 radical (unpaired) electrons. The van der Waals surface area contributed by atoms with Crippen LogP contribution in [0.2, 0.25) is 5.02 Å². The zero-order valence-electron chi connectivity index (χ0n) is 19.6. The number of aromatic nitrogens is 1. The lowest BCUT2D eigenvalue weighted by molar-refractivity contribution is -0.153. The fourth-order valence-electron chi connectivity index (χ4n) is 4.41. The molecule has 3 N–H and O–H groups in total. The van der Waals surface area contributed by atoms with E-state index in [1.807, 2.05) is 50.2 Å². The third-order valence-electron chi connectivity index (χ3n) is 6.18. The number of carbonyl (C=O) groups excluding carboxylic acids is 2. The molecule has 0 spiro atoms. The van der Waals surface area contributed by atoms with Crippen LogP contribution >= 0.6 is 22.9 Å². The van der Waals surface area contributed by atoms with Crippen molar-refractivity contribution < 1.29 is 19.8 Å². The second-order valence-corrected chi connectivity index (χ2v) is 10.3. The maximum absolute atomic E-state index is 12.9. The molecule has 2 aromatic carbocycles. The van der Waals surface area contributed by atoms with Gasteiger partial charge in [-0.05, 0) is 55.5 Å². The largest absolute Gasteiger partial charge is 0.380 e. The van der Waals surface area contributed by atoms with Crippen LogP contribution in [0.3, 0.4) is 0 Å². The summed E-state index contributed by atoms with van der Waals surface area (Å²) < 4.78 is 0. The molecule has 1 unspecified atom stereocenters. The van der Waals surface area contributed by atoms with Gasteiger partial charge in [-0.2, -0.15) is 0 Å². The van der Waals surface area contributed by atoms with E-state index < -0.39 is 24.0 Å². The van der Waals surface area contributed by atoms with Crippen molar-refractivity contribution in [3.63, 3.8) is 0 Å². The van der Waals surface area contributed by atoms with E-state index in [4.69, 9.17) is 11.6 Å². The number of thiazole rings is 1. The van der Waals surface area contributed by atoms with E-state index in [1.165, 1.54) is 4.90 Å². The maximum atomic E-state index is 12.9. The lowest BCUT2D eigenvalue weighted by atomic mass is 10.0. The van der Waals surface area contributed by atoms with Gasteiger partial charge >= 0.3 is 0 Å². The van der Waals surface area contributed by atoms with Crippen molar-refractivity contribution in [1.29, 1.82) is 0 Å². The molecular weight excluding hydrogens is 486 g/mol. The monoisotopic (exact) mass is 513 g/mol. The Morgan fingerprint density at radius 3 is 2.57 bits per heavy atom. The third kappa shape index (κ3) is 5.73. The minimum Gasteiger partial charge on any atom is -0.380 e. The number of halogens is 1. The topological polar surface area (TPSA) is 103 Å². The number of benzene rings is 2. The zero-order chi connectivity index (χ0) is 25.1. The fourth-order valence-corrected chi connectivity index (χ4v) is 5.53. The summed E-state index contributed by atoms with van der Waals surface area (Å²) in [5, 5.41) is 25.0. The molecule has 0 saturated carbocycles. The molecule has 7 nitrogen and oxygen atoms in total. The summed E-state index contributed by atoms with van der Waals surface area (Å²) in [6.45, 7) is 4.54. The molecule has 0 bridgehead atoms. The highest BCUT2D eigenvalue weighted by Crippen LogP contribution is 2.34. The van der Waals surface area contributed by atoms with Crippen molar-refractivity contribution in [2.45, 2.75) is 51.5 Å². The molecule has 9 heteroatoms. The van der Waals surface area contributed by atoms with Gasteiger partial charge in [-0.25, -0.2) is 4.98 Å². The minimum atomic E-state index is -1.87. The number of hydrogen-bond donors (Lipinski definition) is 3. The van der Waals surface area contributed by atoms with Gasteiger partial charge in [0.2, 0.25) is 0 Å². The number of nitrogens with zero attached hydrogens (tertiary/aromatic N) is 2. The van der Waals surface area contributed by atoms with Crippen LogP contribution in [0.1, 0.15) is 40.7 Å². The number of likely N-dealkylation sites (tertiary alicyclic amines) is 1. The number of nitrogens with one attached hydrogen (secondary N) is 1. The molecule has 184 valence electrons. The quantitative estimate of drug-likeness (QED) is 0.446. The molecule has 1 fully saturated rings. The van der Waals surface area contributed by atoms with Gasteiger partial charge in [0.1, 0.15) is 0 Å². The Kier molecular flexibility index (Phi) is 7.86. The second-order valence-electron chi connectivity index (χ2n) is 8.70. The average Bonchev–Trinajstić information content (AvgIpc) is 3.47. The van der Waals surface area contributed by atoms with Gasteiger partial charge < -0.3 is 20.4 Å². The maximum Gasteiger partial charge on any atom is 0.255 e. The van der Waals surface area contributed by atoms with Crippen LogP contribution in [-0.2, 0) is 16.1 Å². The molecule has 0 aliphatic carbocycles. The zero-order valence-corrected chi connectivity index (χ0v) is 21.1. The number of carbonyl (C=O) groups is 2. The van der Waals surface area contributed by atoms with Crippen LogP contribution in [0, 0.1) is 13.8 Å². The normalized spacial score (nSPS) is 17.3. The van der Waals surface area contributed by atoms with Crippen LogP contribution in [0.5, 0.6) is 0 Å². The standard InChI is InChI=1S/C26H28ClN3O4S/c1-15-24(35-16(2)29-15)18-10-8-17(9-11-18)14-28-25(33)22(31)23(32)26(34)30-12-4-7-21(30)19-5-3-6-20(27)13-19/h3,5-6,8-11,13,21-23,31-32H,4,7,12,14H2,1-2H3,(H,28,33)/t21?,22-,23-/m1/s1. The van der Waals surface area contributed by atoms with Crippen LogP contribution in [0.15, 0.2) is 48.5 Å². The lowest BCUT2D eigenvalue weighted by Crippen LogP contribution is -2.50. The Balaban J connectivity index is 1.35. The van der Waals surface area contributed by atoms with Gasteiger partial charge in [0.25, 0.3) is 11.8 Å². The summed E-state index contributed by atoms with van der Waals surface area (Å²) in [4.78, 5) is 32.5. The van der Waals surface area contributed by atoms with E-state index in [0.717, 1.165) is 45.1 Å². The molecule has 35 heavy (non-hydrogen) atoms. The Morgan fingerprint density at radius 2 is 1.91 bits per heavy atom. The number of rotatable bonds is 7. The summed E-state index contributed by atoms with van der Waals surface area (Å²) in [6.07, 6.45) is -2.24. The first kappa shape index (κ1) is 25.3. The minimum absolute atomic E-state index is 0.159. The number of hydrogen-bond acceptors (Lipinski definition) is 6. The van der Waals surface area contributed by atoms with Crippen molar-refractivity contribution in [3.8, 4) is 10.4 Å². The van der Waals surface area contributed by atoms with Crippen molar-refractivity contribution in [3.05, 3.63) is 75.4 Å². The van der Waals surface area contributed by atoms with E-state index >= 15 is 0 Å². The Hall–Kier alpha value is -2.78. The second kappa shape index (κ2) is 10.9. The number of aryl methyl sites for hydroxylation is 2. The molecule has 3 atom stereocenters. The molecular formula is C26H28ClN3O4S. The molecule has 3 aromatic rings. The highest BCUT2D eigenvalue weighted by molar-refractivity contribution is 7.15. The summed E-state index contributed by atoms with van der Waals surface area (Å²) >= 11 is 7.72. The van der Waals surface area contributed by atoms with Crippen molar-refractivity contribution >= 4 is 34.8 Å². The smallest absolute Gasteiger partial charge is 0.255 e. The van der Waals surface area contributed by atoms with Crippen LogP contribution in [-0.4, -0.2) is 50.7 Å². The highest BCUT2D eigenvalue weighted by Gasteiger charge is 2.38. The third-order valence-corrected chi connectivity index (χ3v) is 7.53. The Bertz CT molecular complexity index is 1210. The molecule has 1 aliphatic heterocycles. The van der Waals surface area contributed by atoms with E-state index in [-0.39, 0.29) is 12.6 Å². The van der Waals surface area contributed by atoms with Gasteiger partial charge in [-0.15, -0.1) is 11.3 Å². The Morgan fingerprint density at radius 1 is 1.17 bits per heavy atom. The van der Waals surface area contributed by atoms with E-state index in [2.05, 4.69) is 10.3 Å². The van der Waals surface area contributed by atoms with Crippen molar-refractivity contribution in [2.75, 3.05) is 6.54 Å². The van der Waals surface area contributed by atoms with E-state index in [0.29, 0.717) is 11.6 Å². The summed E-state index contributed by atoms with van der Waals surface area (Å²) in [5.41, 5.74) is 3.71.